The summed E-state index contributed by atoms with van der Waals surface area (Å²) in [5.74, 6) is -1.52. The van der Waals surface area contributed by atoms with Gasteiger partial charge < -0.3 is 15.8 Å². The number of carbonyl (C=O) groups is 4. The third-order valence-electron chi connectivity index (χ3n) is 3.22. The summed E-state index contributed by atoms with van der Waals surface area (Å²) >= 11 is 7.27. The second-order valence-corrected chi connectivity index (χ2v) is 6.67. The second-order valence-electron chi connectivity index (χ2n) is 5.25. The number of urea groups is 1. The standard InChI is InChI=1S/C16H20ClN3O5S/c1-9(13(21)20-16(18)24)25-15(23)12(7-8-26-2)19-14(22)10-3-5-11(17)6-4-10/h3-6,9,12H,7-8H2,1-2H3,(H,19,22)(H3,18,20,21,24). The summed E-state index contributed by atoms with van der Waals surface area (Å²) in [6.07, 6.45) is 0.926. The third-order valence-corrected chi connectivity index (χ3v) is 4.11. The minimum atomic E-state index is -1.24. The van der Waals surface area contributed by atoms with Crippen molar-refractivity contribution in [3.63, 3.8) is 0 Å². The second kappa shape index (κ2) is 10.7. The fourth-order valence-electron chi connectivity index (χ4n) is 1.86. The molecule has 2 unspecified atom stereocenters. The van der Waals surface area contributed by atoms with Gasteiger partial charge in [-0.05, 0) is 49.6 Å². The maximum Gasteiger partial charge on any atom is 0.329 e. The number of hydrogen-bond donors (Lipinski definition) is 3. The Bertz CT molecular complexity index is 668. The van der Waals surface area contributed by atoms with E-state index >= 15 is 0 Å². The van der Waals surface area contributed by atoms with Crippen molar-refractivity contribution < 1.29 is 23.9 Å². The lowest BCUT2D eigenvalue weighted by atomic mass is 10.1. The van der Waals surface area contributed by atoms with Gasteiger partial charge in [-0.1, -0.05) is 11.6 Å². The van der Waals surface area contributed by atoms with Gasteiger partial charge in [-0.2, -0.15) is 11.8 Å². The molecule has 0 radical (unpaired) electrons. The fraction of sp³-hybridized carbons (Fsp3) is 0.375. The molecular formula is C16H20ClN3O5S. The van der Waals surface area contributed by atoms with Crippen molar-refractivity contribution in [3.8, 4) is 0 Å². The van der Waals surface area contributed by atoms with Crippen LogP contribution in [0.5, 0.6) is 0 Å². The van der Waals surface area contributed by atoms with Crippen LogP contribution in [0.4, 0.5) is 4.79 Å². The van der Waals surface area contributed by atoms with Gasteiger partial charge in [0.1, 0.15) is 6.04 Å². The Hall–Kier alpha value is -2.26. The minimum absolute atomic E-state index is 0.309. The number of amides is 4. The number of nitrogens with one attached hydrogen (secondary N) is 2. The molecule has 10 heteroatoms. The monoisotopic (exact) mass is 401 g/mol. The molecule has 0 aromatic heterocycles. The molecule has 26 heavy (non-hydrogen) atoms. The highest BCUT2D eigenvalue weighted by atomic mass is 35.5. The Morgan fingerprint density at radius 2 is 1.85 bits per heavy atom. The van der Waals surface area contributed by atoms with E-state index in [1.165, 1.54) is 30.8 Å². The predicted molar refractivity (Wildman–Crippen MR) is 99.0 cm³/mol. The van der Waals surface area contributed by atoms with Gasteiger partial charge in [-0.15, -0.1) is 0 Å². The average molecular weight is 402 g/mol. The number of ether oxygens (including phenoxy) is 1. The molecule has 0 spiro atoms. The van der Waals surface area contributed by atoms with Crippen LogP contribution in [-0.4, -0.2) is 48.0 Å². The molecule has 4 N–H and O–H groups in total. The lowest BCUT2D eigenvalue weighted by Crippen LogP contribution is -2.47. The maximum absolute atomic E-state index is 12.3. The zero-order chi connectivity index (χ0) is 19.7. The van der Waals surface area contributed by atoms with E-state index in [1.807, 2.05) is 11.6 Å². The van der Waals surface area contributed by atoms with Gasteiger partial charge >= 0.3 is 12.0 Å². The lowest BCUT2D eigenvalue weighted by Gasteiger charge is -2.20. The van der Waals surface area contributed by atoms with Crippen molar-refractivity contribution in [2.45, 2.75) is 25.5 Å². The molecule has 0 saturated heterocycles. The molecule has 4 amide bonds. The van der Waals surface area contributed by atoms with Crippen LogP contribution in [0, 0.1) is 0 Å². The van der Waals surface area contributed by atoms with Gasteiger partial charge in [0.25, 0.3) is 11.8 Å². The van der Waals surface area contributed by atoms with E-state index in [4.69, 9.17) is 22.1 Å². The van der Waals surface area contributed by atoms with Crippen LogP contribution < -0.4 is 16.4 Å². The number of imide groups is 1. The molecule has 0 bridgehead atoms. The molecule has 0 aliphatic rings. The van der Waals surface area contributed by atoms with Crippen molar-refractivity contribution in [1.82, 2.24) is 10.6 Å². The molecule has 8 nitrogen and oxygen atoms in total. The molecule has 1 aromatic carbocycles. The minimum Gasteiger partial charge on any atom is -0.451 e. The normalized spacial score (nSPS) is 12.6. The van der Waals surface area contributed by atoms with Crippen LogP contribution in [0.15, 0.2) is 24.3 Å². The van der Waals surface area contributed by atoms with Crippen LogP contribution in [0.25, 0.3) is 0 Å². The van der Waals surface area contributed by atoms with E-state index in [1.54, 1.807) is 12.1 Å². The van der Waals surface area contributed by atoms with Gasteiger partial charge in [0.05, 0.1) is 0 Å². The largest absolute Gasteiger partial charge is 0.451 e. The SMILES string of the molecule is CSCCC(NC(=O)c1ccc(Cl)cc1)C(=O)OC(C)C(=O)NC(N)=O. The van der Waals surface area contributed by atoms with Crippen molar-refractivity contribution in [1.29, 1.82) is 0 Å². The quantitative estimate of drug-likeness (QED) is 0.563. The summed E-state index contributed by atoms with van der Waals surface area (Å²) in [4.78, 5) is 46.9. The summed E-state index contributed by atoms with van der Waals surface area (Å²) in [6.45, 7) is 1.29. The first-order valence-corrected chi connectivity index (χ1v) is 9.38. The molecule has 0 aliphatic carbocycles. The van der Waals surface area contributed by atoms with Crippen molar-refractivity contribution in [2.75, 3.05) is 12.0 Å². The van der Waals surface area contributed by atoms with E-state index in [-0.39, 0.29) is 0 Å². The van der Waals surface area contributed by atoms with E-state index in [0.717, 1.165) is 0 Å². The van der Waals surface area contributed by atoms with Crippen molar-refractivity contribution in [3.05, 3.63) is 34.9 Å². The van der Waals surface area contributed by atoms with Gasteiger partial charge in [-0.3, -0.25) is 14.9 Å². The first-order chi connectivity index (χ1) is 12.2. The number of rotatable bonds is 8. The van der Waals surface area contributed by atoms with E-state index < -0.39 is 36.0 Å². The predicted octanol–water partition coefficient (Wildman–Crippen LogP) is 1.32. The first kappa shape index (κ1) is 21.8. The molecule has 1 aromatic rings. The number of primary amides is 1. The van der Waals surface area contributed by atoms with Crippen molar-refractivity contribution in [2.24, 2.45) is 5.73 Å². The molecule has 1 rings (SSSR count). The molecule has 142 valence electrons. The third kappa shape index (κ3) is 7.32. The highest BCUT2D eigenvalue weighted by Crippen LogP contribution is 2.11. The van der Waals surface area contributed by atoms with Crippen LogP contribution in [0.1, 0.15) is 23.7 Å². The zero-order valence-corrected chi connectivity index (χ0v) is 15.9. The van der Waals surface area contributed by atoms with E-state index in [0.29, 0.717) is 22.8 Å². The van der Waals surface area contributed by atoms with Gasteiger partial charge in [-0.25, -0.2) is 9.59 Å². The highest BCUT2D eigenvalue weighted by Gasteiger charge is 2.27. The molecule has 0 fully saturated rings. The Kier molecular flexibility index (Phi) is 8.94. The topological polar surface area (TPSA) is 128 Å². The molecule has 2 atom stereocenters. The molecule has 0 aliphatic heterocycles. The van der Waals surface area contributed by atoms with Crippen LogP contribution in [-0.2, 0) is 14.3 Å². The van der Waals surface area contributed by atoms with Crippen molar-refractivity contribution >= 4 is 47.2 Å². The number of carbonyl (C=O) groups excluding carboxylic acids is 4. The number of thioether (sulfide) groups is 1. The van der Waals surface area contributed by atoms with Crippen LogP contribution >= 0.6 is 23.4 Å². The molecular weight excluding hydrogens is 382 g/mol. The zero-order valence-electron chi connectivity index (χ0n) is 14.3. The first-order valence-electron chi connectivity index (χ1n) is 7.60. The highest BCUT2D eigenvalue weighted by molar-refractivity contribution is 7.98. The lowest BCUT2D eigenvalue weighted by molar-refractivity contribution is -0.156. The van der Waals surface area contributed by atoms with E-state index in [9.17, 15) is 19.2 Å². The molecule has 0 heterocycles. The van der Waals surface area contributed by atoms with Gasteiger partial charge in [0.2, 0.25) is 0 Å². The Morgan fingerprint density at radius 3 is 2.38 bits per heavy atom. The number of esters is 1. The number of benzene rings is 1. The van der Waals surface area contributed by atoms with E-state index in [2.05, 4.69) is 5.32 Å². The summed E-state index contributed by atoms with van der Waals surface area (Å²) in [5, 5.41) is 4.88. The van der Waals surface area contributed by atoms with Crippen LogP contribution in [0.2, 0.25) is 5.02 Å². The number of halogens is 1. The van der Waals surface area contributed by atoms with Crippen LogP contribution in [0.3, 0.4) is 0 Å². The summed E-state index contributed by atoms with van der Waals surface area (Å²) in [7, 11) is 0. The number of hydrogen-bond acceptors (Lipinski definition) is 6. The average Bonchev–Trinajstić information content (AvgIpc) is 2.58. The fourth-order valence-corrected chi connectivity index (χ4v) is 2.46. The summed E-state index contributed by atoms with van der Waals surface area (Å²) in [6, 6.07) is 4.17. The van der Waals surface area contributed by atoms with Gasteiger partial charge in [0, 0.05) is 10.6 Å². The Labute approximate surface area is 160 Å². The number of nitrogens with two attached hydrogens (primary N) is 1. The summed E-state index contributed by atoms with van der Waals surface area (Å²) in [5.41, 5.74) is 5.18. The smallest absolute Gasteiger partial charge is 0.329 e. The summed E-state index contributed by atoms with van der Waals surface area (Å²) < 4.78 is 5.02. The Morgan fingerprint density at radius 1 is 1.23 bits per heavy atom. The maximum atomic E-state index is 12.3. The molecule has 0 saturated carbocycles. The van der Waals surface area contributed by atoms with Gasteiger partial charge in [0.15, 0.2) is 6.10 Å². The Balaban J connectivity index is 2.76.